The van der Waals surface area contributed by atoms with Crippen LogP contribution in [0.25, 0.3) is 0 Å². The van der Waals surface area contributed by atoms with Gasteiger partial charge in [-0.2, -0.15) is 0 Å². The normalized spacial score (nSPS) is 54.0. The van der Waals surface area contributed by atoms with Crippen molar-refractivity contribution in [2.24, 2.45) is 0 Å². The van der Waals surface area contributed by atoms with Gasteiger partial charge in [0.25, 0.3) is 0 Å². The van der Waals surface area contributed by atoms with Crippen LogP contribution in [0.2, 0.25) is 0 Å². The highest BCUT2D eigenvalue weighted by Crippen LogP contribution is 2.35. The molecule has 0 saturated heterocycles. The largest absolute Gasteiger partial charge is 0.393 e. The fourth-order valence-electron chi connectivity index (χ4n) is 1.82. The molecule has 0 aromatic carbocycles. The van der Waals surface area contributed by atoms with Gasteiger partial charge in [-0.1, -0.05) is 0 Å². The lowest BCUT2D eigenvalue weighted by Gasteiger charge is -2.51. The highest BCUT2D eigenvalue weighted by molar-refractivity contribution is 5.14. The Morgan fingerprint density at radius 2 is 0.812 bits per heavy atom. The highest BCUT2D eigenvalue weighted by atomic mass is 16.5. The Morgan fingerprint density at radius 3 is 0.938 bits per heavy atom. The monoisotopic (exact) mass is 240 g/mol. The van der Waals surface area contributed by atoms with Gasteiger partial charge < -0.3 is 40.9 Å². The highest BCUT2D eigenvalue weighted by Gasteiger charge is 2.63. The average Bonchev–Trinajstić information content (AvgIpc) is 2.31. The van der Waals surface area contributed by atoms with E-state index in [1.807, 2.05) is 0 Å². The van der Waals surface area contributed by atoms with E-state index in [1.54, 1.807) is 0 Å². The maximum Gasteiger partial charge on any atom is 0.144 e. The van der Waals surface area contributed by atoms with E-state index in [4.69, 9.17) is 10.2 Å². The Balaban J connectivity index is 3.14. The van der Waals surface area contributed by atoms with Crippen molar-refractivity contribution in [3.63, 3.8) is 0 Å². The summed E-state index contributed by atoms with van der Waals surface area (Å²) in [6, 6.07) is 0. The van der Waals surface area contributed by atoms with Crippen molar-refractivity contribution in [2.75, 3.05) is 13.2 Å². The predicted octanol–water partition coefficient (Wildman–Crippen LogP) is -5.11. The topological polar surface area (TPSA) is 162 Å². The summed E-state index contributed by atoms with van der Waals surface area (Å²) in [7, 11) is 0. The van der Waals surface area contributed by atoms with E-state index in [9.17, 15) is 30.6 Å². The summed E-state index contributed by atoms with van der Waals surface area (Å²) in [6.07, 6.45) is -8.47. The van der Waals surface area contributed by atoms with Gasteiger partial charge in [-0.05, 0) is 0 Å². The molecule has 0 aromatic rings. The van der Waals surface area contributed by atoms with Crippen LogP contribution in [-0.2, 0) is 0 Å². The average molecular weight is 240 g/mol. The third-order valence-corrected chi connectivity index (χ3v) is 3.15. The summed E-state index contributed by atoms with van der Waals surface area (Å²) < 4.78 is 0. The lowest BCUT2D eigenvalue weighted by molar-refractivity contribution is -0.314. The molecule has 0 aliphatic heterocycles. The summed E-state index contributed by atoms with van der Waals surface area (Å²) in [5, 5.41) is 74.7. The number of hydrogen-bond acceptors (Lipinski definition) is 8. The fraction of sp³-hybridized carbons (Fsp3) is 1.00. The van der Waals surface area contributed by atoms with E-state index in [2.05, 4.69) is 0 Å². The van der Waals surface area contributed by atoms with Crippen LogP contribution in [0.4, 0.5) is 0 Å². The van der Waals surface area contributed by atoms with Crippen molar-refractivity contribution >= 4 is 0 Å². The van der Waals surface area contributed by atoms with Crippen LogP contribution in [0.3, 0.4) is 0 Å². The summed E-state index contributed by atoms with van der Waals surface area (Å²) in [6.45, 7) is -2.27. The van der Waals surface area contributed by atoms with E-state index in [-0.39, 0.29) is 0 Å². The molecule has 1 aliphatic rings. The molecule has 1 saturated carbocycles. The van der Waals surface area contributed by atoms with E-state index in [0.717, 1.165) is 0 Å². The standard InChI is InChI=1S/C8H16O8/c9-1-7(15)3(11)5(13)8(16,2-10)6(14)4(7)12/h3-6,9-16H,1-2H2/t3-,4+,5-,6+,7?,8?. The third kappa shape index (κ3) is 1.55. The van der Waals surface area contributed by atoms with Gasteiger partial charge in [0.05, 0.1) is 13.2 Å². The van der Waals surface area contributed by atoms with Crippen LogP contribution in [0.15, 0.2) is 0 Å². The van der Waals surface area contributed by atoms with Crippen molar-refractivity contribution in [2.45, 2.75) is 35.6 Å². The fourth-order valence-corrected chi connectivity index (χ4v) is 1.82. The molecule has 0 amide bonds. The van der Waals surface area contributed by atoms with Crippen LogP contribution >= 0.6 is 0 Å². The van der Waals surface area contributed by atoms with Gasteiger partial charge in [-0.3, -0.25) is 0 Å². The lowest BCUT2D eigenvalue weighted by atomic mass is 9.68. The number of hydrogen-bond donors (Lipinski definition) is 8. The first-order chi connectivity index (χ1) is 7.25. The first-order valence-corrected chi connectivity index (χ1v) is 4.64. The van der Waals surface area contributed by atoms with Gasteiger partial charge in [0.2, 0.25) is 0 Å². The zero-order valence-corrected chi connectivity index (χ0v) is 8.30. The summed E-state index contributed by atoms with van der Waals surface area (Å²) in [5.41, 5.74) is -5.14. The Kier molecular flexibility index (Phi) is 3.58. The van der Waals surface area contributed by atoms with E-state index >= 15 is 0 Å². The molecule has 0 bridgehead atoms. The molecule has 8 nitrogen and oxygen atoms in total. The minimum absolute atomic E-state index is 1.13. The molecule has 0 heterocycles. The Bertz CT molecular complexity index is 214. The molecule has 1 fully saturated rings. The lowest BCUT2D eigenvalue weighted by Crippen LogP contribution is -2.78. The number of aliphatic hydroxyl groups is 8. The first kappa shape index (κ1) is 13.7. The van der Waals surface area contributed by atoms with E-state index in [1.165, 1.54) is 0 Å². The van der Waals surface area contributed by atoms with Crippen LogP contribution in [-0.4, -0.2) is 89.7 Å². The van der Waals surface area contributed by atoms with Crippen LogP contribution < -0.4 is 0 Å². The van der Waals surface area contributed by atoms with Gasteiger partial charge in [0.1, 0.15) is 35.6 Å². The molecule has 16 heavy (non-hydrogen) atoms. The molecule has 1 rings (SSSR count). The molecule has 0 spiro atoms. The Morgan fingerprint density at radius 1 is 0.625 bits per heavy atom. The second-order valence-electron chi connectivity index (χ2n) is 4.08. The minimum Gasteiger partial charge on any atom is -0.393 e. The second kappa shape index (κ2) is 4.17. The van der Waals surface area contributed by atoms with Gasteiger partial charge >= 0.3 is 0 Å². The smallest absolute Gasteiger partial charge is 0.144 e. The van der Waals surface area contributed by atoms with Crippen LogP contribution in [0.1, 0.15) is 0 Å². The van der Waals surface area contributed by atoms with Crippen LogP contribution in [0, 0.1) is 0 Å². The molecule has 0 radical (unpaired) electrons. The van der Waals surface area contributed by atoms with Crippen molar-refractivity contribution in [3.8, 4) is 0 Å². The van der Waals surface area contributed by atoms with Crippen molar-refractivity contribution in [1.82, 2.24) is 0 Å². The zero-order valence-electron chi connectivity index (χ0n) is 8.30. The molecule has 8 N–H and O–H groups in total. The molecule has 0 aromatic heterocycles. The summed E-state index contributed by atoms with van der Waals surface area (Å²) in [5.74, 6) is 0. The molecular weight excluding hydrogens is 224 g/mol. The molecule has 2 unspecified atom stereocenters. The van der Waals surface area contributed by atoms with Crippen molar-refractivity contribution in [3.05, 3.63) is 0 Å². The Hall–Kier alpha value is -0.320. The quantitative estimate of drug-likeness (QED) is 0.238. The third-order valence-electron chi connectivity index (χ3n) is 3.15. The van der Waals surface area contributed by atoms with Gasteiger partial charge in [0.15, 0.2) is 0 Å². The second-order valence-corrected chi connectivity index (χ2v) is 4.08. The van der Waals surface area contributed by atoms with Gasteiger partial charge in [-0.25, -0.2) is 0 Å². The van der Waals surface area contributed by atoms with Gasteiger partial charge in [-0.15, -0.1) is 0 Å². The van der Waals surface area contributed by atoms with Crippen molar-refractivity contribution < 1.29 is 40.9 Å². The van der Waals surface area contributed by atoms with E-state index < -0.39 is 48.8 Å². The predicted molar refractivity (Wildman–Crippen MR) is 48.1 cm³/mol. The molecular formula is C8H16O8. The zero-order chi connectivity index (χ0) is 12.7. The summed E-state index contributed by atoms with van der Waals surface area (Å²) >= 11 is 0. The maximum absolute atomic E-state index is 9.62. The first-order valence-electron chi connectivity index (χ1n) is 4.64. The minimum atomic E-state index is -2.57. The number of aliphatic hydroxyl groups excluding tert-OH is 6. The Labute approximate surface area is 90.6 Å². The molecule has 6 atom stereocenters. The maximum atomic E-state index is 9.62. The SMILES string of the molecule is OCC1(O)[C@H](O)[C@@H](O)C(O)(CO)[C@@H](O)[C@@H]1O. The van der Waals surface area contributed by atoms with Crippen LogP contribution in [0.5, 0.6) is 0 Å². The summed E-state index contributed by atoms with van der Waals surface area (Å²) in [4.78, 5) is 0. The van der Waals surface area contributed by atoms with Crippen molar-refractivity contribution in [1.29, 1.82) is 0 Å². The molecule has 96 valence electrons. The van der Waals surface area contributed by atoms with E-state index in [0.29, 0.717) is 0 Å². The van der Waals surface area contributed by atoms with Gasteiger partial charge in [0, 0.05) is 0 Å². The molecule has 8 heteroatoms. The molecule has 1 aliphatic carbocycles. The number of rotatable bonds is 2.